The molecule has 116 valence electrons. The van der Waals surface area contributed by atoms with Gasteiger partial charge in [0.2, 0.25) is 5.91 Å². The number of piperidine rings is 1. The van der Waals surface area contributed by atoms with Crippen LogP contribution < -0.4 is 16.0 Å². The normalized spacial score (nSPS) is 16.2. The van der Waals surface area contributed by atoms with Gasteiger partial charge < -0.3 is 16.0 Å². The number of hydrogen-bond acceptors (Lipinski definition) is 3. The Morgan fingerprint density at radius 2 is 2.14 bits per heavy atom. The number of carbonyl (C=O) groups is 1. The van der Waals surface area contributed by atoms with Crippen LogP contribution in [0.3, 0.4) is 0 Å². The lowest BCUT2D eigenvalue weighted by Crippen LogP contribution is -2.39. The minimum Gasteiger partial charge on any atom is -0.371 e. The van der Waals surface area contributed by atoms with Crippen molar-refractivity contribution in [3.63, 3.8) is 0 Å². The molecule has 3 N–H and O–H groups in total. The van der Waals surface area contributed by atoms with Gasteiger partial charge in [0.15, 0.2) is 0 Å². The number of amides is 1. The Morgan fingerprint density at radius 1 is 1.43 bits per heavy atom. The highest BCUT2D eigenvalue weighted by atomic mass is 35.5. The number of carbonyl (C=O) groups excluding carboxylic acids is 1. The zero-order chi connectivity index (χ0) is 15.2. The van der Waals surface area contributed by atoms with Gasteiger partial charge in [-0.25, -0.2) is 0 Å². The first-order chi connectivity index (χ1) is 10.1. The first kappa shape index (κ1) is 16.1. The standard InChI is InChI=1S/C16H24ClN3O/c1-2-7-19-11-13-10-14(17)3-4-15(13)20-8-5-12(6-9-20)16(18)21/h3-4,10,12,19H,2,5-9,11H2,1H3,(H2,18,21). The van der Waals surface area contributed by atoms with Crippen molar-refractivity contribution >= 4 is 23.2 Å². The Labute approximate surface area is 131 Å². The minimum atomic E-state index is -0.171. The topological polar surface area (TPSA) is 58.4 Å². The Morgan fingerprint density at radius 3 is 2.76 bits per heavy atom. The van der Waals surface area contributed by atoms with Gasteiger partial charge in [0.25, 0.3) is 0 Å². The number of halogens is 1. The Kier molecular flexibility index (Phi) is 5.88. The molecule has 2 rings (SSSR count). The molecule has 0 aliphatic carbocycles. The second-order valence-corrected chi connectivity index (χ2v) is 6.05. The van der Waals surface area contributed by atoms with E-state index < -0.39 is 0 Å². The summed E-state index contributed by atoms with van der Waals surface area (Å²) in [6.45, 7) is 5.71. The fraction of sp³-hybridized carbons (Fsp3) is 0.562. The molecule has 4 nitrogen and oxygen atoms in total. The van der Waals surface area contributed by atoms with Crippen molar-refractivity contribution < 1.29 is 4.79 Å². The molecule has 5 heteroatoms. The highest BCUT2D eigenvalue weighted by Gasteiger charge is 2.24. The van der Waals surface area contributed by atoms with Crippen molar-refractivity contribution in [3.8, 4) is 0 Å². The fourth-order valence-electron chi connectivity index (χ4n) is 2.81. The van der Waals surface area contributed by atoms with Crippen LogP contribution in [0.4, 0.5) is 5.69 Å². The molecule has 1 aliphatic heterocycles. The molecule has 1 aliphatic rings. The van der Waals surface area contributed by atoms with E-state index in [4.69, 9.17) is 17.3 Å². The molecule has 0 aromatic heterocycles. The quantitative estimate of drug-likeness (QED) is 0.794. The summed E-state index contributed by atoms with van der Waals surface area (Å²) in [5.41, 5.74) is 7.83. The molecule has 0 saturated carbocycles. The largest absolute Gasteiger partial charge is 0.371 e. The van der Waals surface area contributed by atoms with Crippen molar-refractivity contribution in [2.75, 3.05) is 24.5 Å². The molecule has 1 heterocycles. The Hall–Kier alpha value is -1.26. The number of nitrogens with two attached hydrogens (primary N) is 1. The smallest absolute Gasteiger partial charge is 0.220 e. The molecule has 1 saturated heterocycles. The summed E-state index contributed by atoms with van der Waals surface area (Å²) in [5.74, 6) is -0.147. The molecule has 1 amide bonds. The number of anilines is 1. The predicted molar refractivity (Wildman–Crippen MR) is 87.6 cm³/mol. The third-order valence-corrected chi connectivity index (χ3v) is 4.26. The number of benzene rings is 1. The van der Waals surface area contributed by atoms with E-state index in [1.54, 1.807) is 0 Å². The lowest BCUT2D eigenvalue weighted by atomic mass is 9.95. The molecular weight excluding hydrogens is 286 g/mol. The highest BCUT2D eigenvalue weighted by Crippen LogP contribution is 2.28. The summed E-state index contributed by atoms with van der Waals surface area (Å²) >= 11 is 6.13. The highest BCUT2D eigenvalue weighted by molar-refractivity contribution is 6.30. The van der Waals surface area contributed by atoms with Gasteiger partial charge in [0.05, 0.1) is 0 Å². The lowest BCUT2D eigenvalue weighted by molar-refractivity contribution is -0.122. The van der Waals surface area contributed by atoms with Crippen LogP contribution in [0.25, 0.3) is 0 Å². The van der Waals surface area contributed by atoms with E-state index >= 15 is 0 Å². The van der Waals surface area contributed by atoms with Crippen LogP contribution in [0.2, 0.25) is 5.02 Å². The predicted octanol–water partition coefficient (Wildman–Crippen LogP) is 2.54. The Bertz CT molecular complexity index is 484. The minimum absolute atomic E-state index is 0.0233. The number of hydrogen-bond donors (Lipinski definition) is 2. The molecule has 0 radical (unpaired) electrons. The van der Waals surface area contributed by atoms with Gasteiger partial charge in [-0.05, 0) is 49.6 Å². The maximum atomic E-state index is 11.3. The van der Waals surface area contributed by atoms with Crippen LogP contribution in [-0.2, 0) is 11.3 Å². The second kappa shape index (κ2) is 7.66. The van der Waals surface area contributed by atoms with Crippen molar-refractivity contribution in [2.45, 2.75) is 32.7 Å². The van der Waals surface area contributed by atoms with Gasteiger partial charge in [0, 0.05) is 36.3 Å². The molecule has 21 heavy (non-hydrogen) atoms. The molecule has 0 atom stereocenters. The van der Waals surface area contributed by atoms with E-state index in [0.717, 1.165) is 50.5 Å². The van der Waals surface area contributed by atoms with Crippen molar-refractivity contribution in [2.24, 2.45) is 11.7 Å². The van der Waals surface area contributed by atoms with Gasteiger partial charge in [-0.1, -0.05) is 18.5 Å². The fourth-order valence-corrected chi connectivity index (χ4v) is 3.00. The van der Waals surface area contributed by atoms with Crippen LogP contribution >= 0.6 is 11.6 Å². The number of nitrogens with one attached hydrogen (secondary N) is 1. The SMILES string of the molecule is CCCNCc1cc(Cl)ccc1N1CCC(C(N)=O)CC1. The summed E-state index contributed by atoms with van der Waals surface area (Å²) in [4.78, 5) is 13.6. The second-order valence-electron chi connectivity index (χ2n) is 5.61. The third kappa shape index (κ3) is 4.35. The van der Waals surface area contributed by atoms with Crippen molar-refractivity contribution in [1.82, 2.24) is 5.32 Å². The third-order valence-electron chi connectivity index (χ3n) is 4.02. The number of primary amides is 1. The maximum Gasteiger partial charge on any atom is 0.220 e. The van der Waals surface area contributed by atoms with E-state index in [2.05, 4.69) is 23.2 Å². The molecule has 1 fully saturated rings. The number of rotatable bonds is 6. The van der Waals surface area contributed by atoms with Crippen LogP contribution in [-0.4, -0.2) is 25.5 Å². The molecule has 0 spiro atoms. The molecule has 0 bridgehead atoms. The summed E-state index contributed by atoms with van der Waals surface area (Å²) in [5, 5.41) is 4.19. The van der Waals surface area contributed by atoms with E-state index in [-0.39, 0.29) is 11.8 Å². The molecule has 0 unspecified atom stereocenters. The van der Waals surface area contributed by atoms with E-state index in [1.807, 2.05) is 12.1 Å². The van der Waals surface area contributed by atoms with Gasteiger partial charge in [-0.2, -0.15) is 0 Å². The molecule has 1 aromatic carbocycles. The lowest BCUT2D eigenvalue weighted by Gasteiger charge is -2.33. The van der Waals surface area contributed by atoms with E-state index in [9.17, 15) is 4.79 Å². The van der Waals surface area contributed by atoms with Crippen molar-refractivity contribution in [3.05, 3.63) is 28.8 Å². The van der Waals surface area contributed by atoms with E-state index in [1.165, 1.54) is 11.3 Å². The average molecular weight is 310 g/mol. The molecular formula is C16H24ClN3O. The maximum absolute atomic E-state index is 11.3. The summed E-state index contributed by atoms with van der Waals surface area (Å²) in [6.07, 6.45) is 2.78. The van der Waals surface area contributed by atoms with E-state index in [0.29, 0.717) is 0 Å². The molecule has 1 aromatic rings. The van der Waals surface area contributed by atoms with Gasteiger partial charge in [-0.3, -0.25) is 4.79 Å². The average Bonchev–Trinajstić information content (AvgIpc) is 2.48. The summed E-state index contributed by atoms with van der Waals surface area (Å²) in [6, 6.07) is 6.04. The Balaban J connectivity index is 2.06. The first-order valence-electron chi connectivity index (χ1n) is 7.65. The summed E-state index contributed by atoms with van der Waals surface area (Å²) in [7, 11) is 0. The van der Waals surface area contributed by atoms with Gasteiger partial charge in [0.1, 0.15) is 0 Å². The van der Waals surface area contributed by atoms with Gasteiger partial charge in [-0.15, -0.1) is 0 Å². The van der Waals surface area contributed by atoms with Crippen LogP contribution in [0, 0.1) is 5.92 Å². The number of nitrogens with zero attached hydrogens (tertiary/aromatic N) is 1. The van der Waals surface area contributed by atoms with Gasteiger partial charge >= 0.3 is 0 Å². The monoisotopic (exact) mass is 309 g/mol. The zero-order valence-electron chi connectivity index (χ0n) is 12.6. The van der Waals surface area contributed by atoms with Crippen LogP contribution in [0.15, 0.2) is 18.2 Å². The van der Waals surface area contributed by atoms with Crippen molar-refractivity contribution in [1.29, 1.82) is 0 Å². The van der Waals surface area contributed by atoms with Crippen LogP contribution in [0.1, 0.15) is 31.7 Å². The zero-order valence-corrected chi connectivity index (χ0v) is 13.3. The summed E-state index contributed by atoms with van der Waals surface area (Å²) < 4.78 is 0. The van der Waals surface area contributed by atoms with Crippen LogP contribution in [0.5, 0.6) is 0 Å². The first-order valence-corrected chi connectivity index (χ1v) is 8.03.